The van der Waals surface area contributed by atoms with Crippen LogP contribution in [0.2, 0.25) is 0 Å². The fourth-order valence-electron chi connectivity index (χ4n) is 2.30. The number of ketones is 1. The molecule has 2 rings (SSSR count). The number of hydrogen-bond donors (Lipinski definition) is 0. The highest BCUT2D eigenvalue weighted by Gasteiger charge is 2.11. The first-order chi connectivity index (χ1) is 11.9. The Hall–Kier alpha value is -2.82. The molecule has 0 fully saturated rings. The lowest BCUT2D eigenvalue weighted by atomic mass is 10.1. The number of rotatable bonds is 7. The first kappa shape index (κ1) is 18.5. The quantitative estimate of drug-likeness (QED) is 0.568. The summed E-state index contributed by atoms with van der Waals surface area (Å²) in [6, 6.07) is 10.8. The van der Waals surface area contributed by atoms with Crippen molar-refractivity contribution in [3.63, 3.8) is 0 Å². The molecule has 0 aliphatic heterocycles. The van der Waals surface area contributed by atoms with E-state index in [1.54, 1.807) is 18.2 Å². The summed E-state index contributed by atoms with van der Waals surface area (Å²) in [5.74, 6) is 0.239. The fourth-order valence-corrected chi connectivity index (χ4v) is 2.30. The minimum Gasteiger partial charge on any atom is -0.493 e. The molecule has 0 aliphatic rings. The van der Waals surface area contributed by atoms with Crippen LogP contribution in [0.15, 0.2) is 36.4 Å². The Morgan fingerprint density at radius 2 is 1.76 bits per heavy atom. The van der Waals surface area contributed by atoms with Crippen molar-refractivity contribution >= 4 is 11.8 Å². The summed E-state index contributed by atoms with van der Waals surface area (Å²) >= 11 is 0. The van der Waals surface area contributed by atoms with E-state index in [1.807, 2.05) is 32.0 Å². The van der Waals surface area contributed by atoms with Crippen LogP contribution in [0.5, 0.6) is 11.5 Å². The zero-order valence-electron chi connectivity index (χ0n) is 14.9. The molecule has 0 unspecified atom stereocenters. The largest absolute Gasteiger partial charge is 0.493 e. The number of hydrogen-bond acceptors (Lipinski definition) is 5. The molecule has 2 aromatic carbocycles. The molecule has 0 amide bonds. The maximum absolute atomic E-state index is 11.9. The first-order valence-electron chi connectivity index (χ1n) is 7.94. The van der Waals surface area contributed by atoms with Crippen LogP contribution < -0.4 is 9.47 Å². The molecule has 0 heterocycles. The van der Waals surface area contributed by atoms with E-state index in [9.17, 15) is 9.59 Å². The molecule has 0 atom stereocenters. The molecule has 0 spiro atoms. The number of methoxy groups -OCH3 is 1. The Bertz CT molecular complexity index is 780. The molecular formula is C20H22O5. The van der Waals surface area contributed by atoms with Gasteiger partial charge in [0.2, 0.25) is 0 Å². The van der Waals surface area contributed by atoms with E-state index < -0.39 is 5.97 Å². The van der Waals surface area contributed by atoms with E-state index in [-0.39, 0.29) is 19.0 Å². The van der Waals surface area contributed by atoms with Crippen LogP contribution >= 0.6 is 0 Å². The summed E-state index contributed by atoms with van der Waals surface area (Å²) in [6.07, 6.45) is 0. The molecule has 2 aromatic rings. The average molecular weight is 342 g/mol. The van der Waals surface area contributed by atoms with Crippen molar-refractivity contribution in [1.82, 2.24) is 0 Å². The third-order valence-electron chi connectivity index (χ3n) is 3.81. The maximum atomic E-state index is 11.9. The van der Waals surface area contributed by atoms with Crippen LogP contribution in [-0.4, -0.2) is 25.5 Å². The Morgan fingerprint density at radius 3 is 2.44 bits per heavy atom. The minimum absolute atomic E-state index is 0.0715. The van der Waals surface area contributed by atoms with Gasteiger partial charge in [-0.15, -0.1) is 0 Å². The number of carbonyl (C=O) groups excluding carboxylic acids is 2. The Kier molecular flexibility index (Phi) is 6.17. The van der Waals surface area contributed by atoms with Crippen molar-refractivity contribution in [3.05, 3.63) is 58.7 Å². The number of ether oxygens (including phenoxy) is 3. The van der Waals surface area contributed by atoms with Gasteiger partial charge in [0, 0.05) is 5.56 Å². The van der Waals surface area contributed by atoms with Gasteiger partial charge in [0.05, 0.1) is 7.11 Å². The first-order valence-corrected chi connectivity index (χ1v) is 7.94. The van der Waals surface area contributed by atoms with Crippen LogP contribution in [0.1, 0.15) is 34.0 Å². The van der Waals surface area contributed by atoms with E-state index in [0.29, 0.717) is 17.1 Å². The lowest BCUT2D eigenvalue weighted by Gasteiger charge is -2.12. The second kappa shape index (κ2) is 8.33. The zero-order valence-corrected chi connectivity index (χ0v) is 14.9. The van der Waals surface area contributed by atoms with Gasteiger partial charge in [0.15, 0.2) is 23.9 Å². The molecule has 0 N–H and O–H groups in total. The number of aryl methyl sites for hydroxylation is 2. The highest BCUT2D eigenvalue weighted by molar-refractivity contribution is 5.94. The maximum Gasteiger partial charge on any atom is 0.344 e. The summed E-state index contributed by atoms with van der Waals surface area (Å²) in [6.45, 7) is 5.40. The molecule has 0 aromatic heterocycles. The third kappa shape index (κ3) is 5.08. The predicted octanol–water partition coefficient (Wildman–Crippen LogP) is 3.64. The molecule has 132 valence electrons. The molecule has 0 saturated carbocycles. The Morgan fingerprint density at radius 1 is 1.00 bits per heavy atom. The van der Waals surface area contributed by atoms with Crippen molar-refractivity contribution in [1.29, 1.82) is 0 Å². The SMILES string of the molecule is COc1cc(C(C)=O)ccc1OCC(=O)OCc1cc(C)ccc1C. The minimum atomic E-state index is -0.474. The van der Waals surface area contributed by atoms with Gasteiger partial charge >= 0.3 is 5.97 Å². The van der Waals surface area contributed by atoms with E-state index in [2.05, 4.69) is 0 Å². The van der Waals surface area contributed by atoms with E-state index >= 15 is 0 Å². The summed E-state index contributed by atoms with van der Waals surface area (Å²) in [7, 11) is 1.48. The monoisotopic (exact) mass is 342 g/mol. The van der Waals surface area contributed by atoms with Crippen molar-refractivity contribution in [2.75, 3.05) is 13.7 Å². The second-order valence-electron chi connectivity index (χ2n) is 5.80. The summed E-state index contributed by atoms with van der Waals surface area (Å²) < 4.78 is 15.9. The number of carbonyl (C=O) groups is 2. The van der Waals surface area contributed by atoms with E-state index in [4.69, 9.17) is 14.2 Å². The lowest BCUT2D eigenvalue weighted by molar-refractivity contribution is -0.147. The van der Waals surface area contributed by atoms with Gasteiger partial charge in [-0.3, -0.25) is 4.79 Å². The van der Waals surface area contributed by atoms with Gasteiger partial charge in [-0.1, -0.05) is 23.8 Å². The molecule has 0 saturated heterocycles. The molecule has 0 bridgehead atoms. The van der Waals surface area contributed by atoms with Gasteiger partial charge in [0.25, 0.3) is 0 Å². The predicted molar refractivity (Wildman–Crippen MR) is 94.2 cm³/mol. The molecule has 25 heavy (non-hydrogen) atoms. The Labute approximate surface area is 147 Å². The zero-order chi connectivity index (χ0) is 18.4. The normalized spacial score (nSPS) is 10.2. The summed E-state index contributed by atoms with van der Waals surface area (Å²) in [4.78, 5) is 23.3. The van der Waals surface area contributed by atoms with Gasteiger partial charge in [-0.25, -0.2) is 4.79 Å². The topological polar surface area (TPSA) is 61.8 Å². The molecular weight excluding hydrogens is 320 g/mol. The number of esters is 1. The second-order valence-corrected chi connectivity index (χ2v) is 5.80. The smallest absolute Gasteiger partial charge is 0.344 e. The van der Waals surface area contributed by atoms with Crippen molar-refractivity contribution in [2.24, 2.45) is 0 Å². The third-order valence-corrected chi connectivity index (χ3v) is 3.81. The van der Waals surface area contributed by atoms with Crippen molar-refractivity contribution < 1.29 is 23.8 Å². The van der Waals surface area contributed by atoms with E-state index in [1.165, 1.54) is 14.0 Å². The number of Topliss-reactive ketones (excluding diaryl/α,β-unsaturated/α-hetero) is 1. The average Bonchev–Trinajstić information content (AvgIpc) is 2.60. The summed E-state index contributed by atoms with van der Waals surface area (Å²) in [5.41, 5.74) is 3.67. The molecule has 0 radical (unpaired) electrons. The highest BCUT2D eigenvalue weighted by Crippen LogP contribution is 2.28. The molecule has 5 nitrogen and oxygen atoms in total. The fraction of sp³-hybridized carbons (Fsp3) is 0.300. The van der Waals surface area contributed by atoms with Crippen LogP contribution in [-0.2, 0) is 16.1 Å². The van der Waals surface area contributed by atoms with Gasteiger partial charge in [-0.05, 0) is 50.1 Å². The van der Waals surface area contributed by atoms with Gasteiger partial charge in [0.1, 0.15) is 6.61 Å². The van der Waals surface area contributed by atoms with Crippen LogP contribution in [0, 0.1) is 13.8 Å². The summed E-state index contributed by atoms with van der Waals surface area (Å²) in [5, 5.41) is 0. The van der Waals surface area contributed by atoms with E-state index in [0.717, 1.165) is 16.7 Å². The van der Waals surface area contributed by atoms with Crippen molar-refractivity contribution in [2.45, 2.75) is 27.4 Å². The van der Waals surface area contributed by atoms with Gasteiger partial charge in [-0.2, -0.15) is 0 Å². The van der Waals surface area contributed by atoms with Crippen LogP contribution in [0.3, 0.4) is 0 Å². The van der Waals surface area contributed by atoms with Crippen molar-refractivity contribution in [3.8, 4) is 11.5 Å². The van der Waals surface area contributed by atoms with Crippen LogP contribution in [0.25, 0.3) is 0 Å². The standard InChI is InChI=1S/C20H22O5/c1-13-5-6-14(2)17(9-13)11-25-20(22)12-24-18-8-7-16(15(3)21)10-19(18)23-4/h5-10H,11-12H2,1-4H3. The lowest BCUT2D eigenvalue weighted by Crippen LogP contribution is -2.15. The Balaban J connectivity index is 1.93. The highest BCUT2D eigenvalue weighted by atomic mass is 16.6. The number of benzene rings is 2. The molecule has 5 heteroatoms. The van der Waals surface area contributed by atoms with Crippen LogP contribution in [0.4, 0.5) is 0 Å². The van der Waals surface area contributed by atoms with Gasteiger partial charge < -0.3 is 14.2 Å². The molecule has 0 aliphatic carbocycles.